The zero-order valence-electron chi connectivity index (χ0n) is 18.5. The number of esters is 1. The molecule has 1 atom stereocenters. The van der Waals surface area contributed by atoms with Gasteiger partial charge in [-0.15, -0.1) is 0 Å². The summed E-state index contributed by atoms with van der Waals surface area (Å²) in [6, 6.07) is 5.90. The highest BCUT2D eigenvalue weighted by Crippen LogP contribution is 2.35. The molecule has 0 aliphatic carbocycles. The molecule has 2 aromatic carbocycles. The molecule has 1 heterocycles. The first kappa shape index (κ1) is 25.3. The second-order valence-electron chi connectivity index (χ2n) is 7.09. The first-order chi connectivity index (χ1) is 16.1. The quantitative estimate of drug-likeness (QED) is 0.412. The van der Waals surface area contributed by atoms with Crippen LogP contribution in [0.25, 0.3) is 0 Å². The Morgan fingerprint density at radius 2 is 1.82 bits per heavy atom. The number of hydrogen-bond acceptors (Lipinski definition) is 7. The van der Waals surface area contributed by atoms with E-state index in [-0.39, 0.29) is 27.8 Å². The molecule has 9 nitrogen and oxygen atoms in total. The van der Waals surface area contributed by atoms with Crippen LogP contribution in [0.15, 0.2) is 52.6 Å². The molecular formula is C22H22ClFN2O7S. The third-order valence-corrected chi connectivity index (χ3v) is 6.90. The van der Waals surface area contributed by atoms with Crippen molar-refractivity contribution in [2.45, 2.75) is 17.9 Å². The number of methoxy groups -OCH3 is 2. The monoisotopic (exact) mass is 512 g/mol. The van der Waals surface area contributed by atoms with Crippen molar-refractivity contribution in [3.8, 4) is 11.5 Å². The van der Waals surface area contributed by atoms with Gasteiger partial charge in [0.15, 0.2) is 21.3 Å². The maximum Gasteiger partial charge on any atom is 0.338 e. The molecule has 3 rings (SSSR count). The van der Waals surface area contributed by atoms with Crippen LogP contribution < -0.4 is 20.1 Å². The molecule has 2 N–H and O–H groups in total. The highest BCUT2D eigenvalue weighted by molar-refractivity contribution is 7.91. The van der Waals surface area contributed by atoms with Crippen LogP contribution in [0.3, 0.4) is 0 Å². The average molecular weight is 513 g/mol. The molecule has 0 aromatic heterocycles. The molecule has 0 unspecified atom stereocenters. The number of hydrogen-bond donors (Lipinski definition) is 2. The molecule has 0 saturated carbocycles. The summed E-state index contributed by atoms with van der Waals surface area (Å²) < 4.78 is 55.3. The summed E-state index contributed by atoms with van der Waals surface area (Å²) in [6.45, 7) is 1.61. The van der Waals surface area contributed by atoms with Crippen molar-refractivity contribution in [1.82, 2.24) is 10.6 Å². The number of halogens is 2. The van der Waals surface area contributed by atoms with Crippen molar-refractivity contribution in [3.63, 3.8) is 0 Å². The lowest BCUT2D eigenvalue weighted by Gasteiger charge is -2.29. The van der Waals surface area contributed by atoms with Crippen molar-refractivity contribution in [3.05, 3.63) is 64.1 Å². The predicted molar refractivity (Wildman–Crippen MR) is 121 cm³/mol. The largest absolute Gasteiger partial charge is 0.493 e. The van der Waals surface area contributed by atoms with Crippen molar-refractivity contribution in [2.75, 3.05) is 26.6 Å². The Balaban J connectivity index is 2.13. The fourth-order valence-electron chi connectivity index (χ4n) is 3.41. The highest BCUT2D eigenvalue weighted by atomic mass is 35.5. The lowest BCUT2D eigenvalue weighted by atomic mass is 9.95. The molecule has 0 spiro atoms. The van der Waals surface area contributed by atoms with Gasteiger partial charge in [0.1, 0.15) is 5.82 Å². The van der Waals surface area contributed by atoms with E-state index >= 15 is 0 Å². The summed E-state index contributed by atoms with van der Waals surface area (Å²) in [5.41, 5.74) is 0.142. The van der Waals surface area contributed by atoms with E-state index in [1.807, 2.05) is 0 Å². The molecule has 34 heavy (non-hydrogen) atoms. The van der Waals surface area contributed by atoms with Gasteiger partial charge in [0.2, 0.25) is 0 Å². The highest BCUT2D eigenvalue weighted by Gasteiger charge is 2.36. The number of urea groups is 1. The Hall–Kier alpha value is -3.31. The van der Waals surface area contributed by atoms with Gasteiger partial charge in [0, 0.05) is 5.70 Å². The number of carbonyl (C=O) groups excluding carboxylic acids is 2. The predicted octanol–water partition coefficient (Wildman–Crippen LogP) is 3.14. The van der Waals surface area contributed by atoms with Crippen LogP contribution in [-0.2, 0) is 19.4 Å². The van der Waals surface area contributed by atoms with E-state index in [9.17, 15) is 22.4 Å². The summed E-state index contributed by atoms with van der Waals surface area (Å²) in [5.74, 6) is -1.61. The first-order valence-electron chi connectivity index (χ1n) is 9.98. The number of ether oxygens (including phenoxy) is 3. The number of nitrogens with one attached hydrogen (secondary N) is 2. The topological polar surface area (TPSA) is 120 Å². The Labute approximate surface area is 200 Å². The van der Waals surface area contributed by atoms with Gasteiger partial charge in [-0.25, -0.2) is 22.4 Å². The zero-order valence-corrected chi connectivity index (χ0v) is 20.1. The summed E-state index contributed by atoms with van der Waals surface area (Å²) in [4.78, 5) is 25.1. The van der Waals surface area contributed by atoms with E-state index in [1.54, 1.807) is 25.1 Å². The summed E-state index contributed by atoms with van der Waals surface area (Å²) in [5, 5.41) is 4.63. The molecule has 2 aromatic rings. The minimum absolute atomic E-state index is 0.0164. The average Bonchev–Trinajstić information content (AvgIpc) is 2.79. The molecular weight excluding hydrogens is 491 g/mol. The number of carbonyl (C=O) groups is 2. The second-order valence-corrected chi connectivity index (χ2v) is 9.49. The van der Waals surface area contributed by atoms with E-state index in [1.165, 1.54) is 14.2 Å². The normalized spacial score (nSPS) is 15.9. The Morgan fingerprint density at radius 3 is 2.44 bits per heavy atom. The summed E-state index contributed by atoms with van der Waals surface area (Å²) in [6.07, 6.45) is 0. The van der Waals surface area contributed by atoms with Crippen LogP contribution >= 0.6 is 11.6 Å². The molecule has 2 amide bonds. The molecule has 0 bridgehead atoms. The van der Waals surface area contributed by atoms with Crippen LogP contribution in [0.4, 0.5) is 9.18 Å². The van der Waals surface area contributed by atoms with Crippen molar-refractivity contribution < 1.29 is 36.6 Å². The van der Waals surface area contributed by atoms with E-state index in [2.05, 4.69) is 10.6 Å². The fraction of sp³-hybridized carbons (Fsp3) is 0.273. The van der Waals surface area contributed by atoms with E-state index < -0.39 is 39.4 Å². The fourth-order valence-corrected chi connectivity index (χ4v) is 5.00. The number of sulfone groups is 1. The van der Waals surface area contributed by atoms with E-state index in [0.29, 0.717) is 17.1 Å². The van der Waals surface area contributed by atoms with Gasteiger partial charge in [0.25, 0.3) is 0 Å². The molecule has 182 valence electrons. The summed E-state index contributed by atoms with van der Waals surface area (Å²) >= 11 is 5.74. The third-order valence-electron chi connectivity index (χ3n) is 4.97. The molecule has 0 radical (unpaired) electrons. The maximum atomic E-state index is 13.5. The van der Waals surface area contributed by atoms with Crippen molar-refractivity contribution in [1.29, 1.82) is 0 Å². The molecule has 12 heteroatoms. The minimum Gasteiger partial charge on any atom is -0.493 e. The van der Waals surface area contributed by atoms with Gasteiger partial charge in [-0.2, -0.15) is 0 Å². The van der Waals surface area contributed by atoms with Crippen LogP contribution in [0.2, 0.25) is 5.02 Å². The molecule has 0 saturated heterocycles. The van der Waals surface area contributed by atoms with Gasteiger partial charge < -0.3 is 24.8 Å². The Kier molecular flexibility index (Phi) is 7.68. The number of rotatable bonds is 8. The SMILES string of the molecule is CCOC(=O)C1=C(CS(=O)(=O)c2ccc(F)c(Cl)c2)NC(=O)N[C@@H]1c1ccc(OC)c(OC)c1. The van der Waals surface area contributed by atoms with Crippen LogP contribution in [0, 0.1) is 5.82 Å². The minimum atomic E-state index is -4.14. The Morgan fingerprint density at radius 1 is 1.12 bits per heavy atom. The smallest absolute Gasteiger partial charge is 0.338 e. The molecule has 0 fully saturated rings. The van der Waals surface area contributed by atoms with Gasteiger partial charge in [-0.1, -0.05) is 17.7 Å². The van der Waals surface area contributed by atoms with Crippen LogP contribution in [0.1, 0.15) is 18.5 Å². The zero-order chi connectivity index (χ0) is 25.0. The lowest BCUT2D eigenvalue weighted by Crippen LogP contribution is -2.47. The second kappa shape index (κ2) is 10.3. The van der Waals surface area contributed by atoms with Gasteiger partial charge in [-0.3, -0.25) is 0 Å². The summed E-state index contributed by atoms with van der Waals surface area (Å²) in [7, 11) is -1.25. The molecule has 1 aliphatic heterocycles. The van der Waals surface area contributed by atoms with E-state index in [0.717, 1.165) is 18.2 Å². The third kappa shape index (κ3) is 5.26. The standard InChI is InChI=1S/C22H22ClFN2O7S/c1-4-33-21(27)19-16(11-34(29,30)13-6-7-15(24)14(23)10-13)25-22(28)26-20(19)12-5-8-17(31-2)18(9-12)32-3/h5-10,20H,4,11H2,1-3H3,(H2,25,26,28)/t20-/m1/s1. The number of amides is 2. The van der Waals surface area contributed by atoms with Gasteiger partial charge in [0.05, 0.1) is 48.1 Å². The van der Waals surface area contributed by atoms with Gasteiger partial charge >= 0.3 is 12.0 Å². The van der Waals surface area contributed by atoms with Crippen molar-refractivity contribution in [2.24, 2.45) is 0 Å². The van der Waals surface area contributed by atoms with Gasteiger partial charge in [-0.05, 0) is 42.8 Å². The lowest BCUT2D eigenvalue weighted by molar-refractivity contribution is -0.139. The Bertz CT molecular complexity index is 1260. The van der Waals surface area contributed by atoms with Crippen LogP contribution in [0.5, 0.6) is 11.5 Å². The first-order valence-corrected chi connectivity index (χ1v) is 12.0. The van der Waals surface area contributed by atoms with Crippen molar-refractivity contribution >= 4 is 33.4 Å². The van der Waals surface area contributed by atoms with Crippen LogP contribution in [-0.4, -0.2) is 47.0 Å². The molecule has 1 aliphatic rings. The van der Waals surface area contributed by atoms with E-state index in [4.69, 9.17) is 25.8 Å². The maximum absolute atomic E-state index is 13.5. The number of benzene rings is 2.